The Balaban J connectivity index is 1.56. The zero-order chi connectivity index (χ0) is 23.3. The Morgan fingerprint density at radius 1 is 1.28 bits per heavy atom. The molecule has 3 rings (SSSR count). The third-order valence-corrected chi connectivity index (χ3v) is 5.93. The zero-order valence-corrected chi connectivity index (χ0v) is 18.7. The molecule has 1 amide bonds. The molecule has 1 aromatic rings. The molecule has 0 radical (unpaired) electrons. The summed E-state index contributed by atoms with van der Waals surface area (Å²) in [4.78, 5) is 17.7. The van der Waals surface area contributed by atoms with E-state index >= 15 is 0 Å². The number of halogens is 4. The van der Waals surface area contributed by atoms with Crippen molar-refractivity contribution in [1.82, 2.24) is 9.80 Å². The summed E-state index contributed by atoms with van der Waals surface area (Å²) in [7, 11) is 0. The smallest absolute Gasteiger partial charge is 0.425 e. The minimum atomic E-state index is -4.57. The number of carbonyl (C=O) groups is 1. The molecule has 2 fully saturated rings. The zero-order valence-electron chi connectivity index (χ0n) is 17.9. The van der Waals surface area contributed by atoms with Gasteiger partial charge >= 0.3 is 12.3 Å². The first-order valence-electron chi connectivity index (χ1n) is 10.5. The van der Waals surface area contributed by atoms with E-state index < -0.39 is 18.4 Å². The second-order valence-corrected chi connectivity index (χ2v) is 8.41. The highest BCUT2D eigenvalue weighted by molar-refractivity contribution is 6.30. The summed E-state index contributed by atoms with van der Waals surface area (Å²) < 4.78 is 48.1. The number of alkyl halides is 3. The first kappa shape index (κ1) is 24.5. The second-order valence-electron chi connectivity index (χ2n) is 7.98. The van der Waals surface area contributed by atoms with Crippen LogP contribution in [0.2, 0.25) is 5.02 Å². The van der Waals surface area contributed by atoms with Crippen LogP contribution in [0, 0.1) is 12.3 Å². The minimum Gasteiger partial charge on any atom is -0.437 e. The van der Waals surface area contributed by atoms with Gasteiger partial charge in [-0.3, -0.25) is 4.90 Å². The van der Waals surface area contributed by atoms with Gasteiger partial charge in [0.25, 0.3) is 0 Å². The van der Waals surface area contributed by atoms with Crippen LogP contribution in [0.25, 0.3) is 0 Å². The van der Waals surface area contributed by atoms with Crippen LogP contribution in [0.5, 0.6) is 0 Å². The average molecular weight is 474 g/mol. The van der Waals surface area contributed by atoms with Gasteiger partial charge in [-0.2, -0.15) is 13.2 Å². The highest BCUT2D eigenvalue weighted by Crippen LogP contribution is 2.30. The monoisotopic (exact) mass is 473 g/mol. The molecule has 0 spiro atoms. The summed E-state index contributed by atoms with van der Waals surface area (Å²) in [6.45, 7) is 4.99. The highest BCUT2D eigenvalue weighted by atomic mass is 35.5. The molecule has 1 aromatic carbocycles. The fraction of sp³-hybridized carbons (Fsp3) is 0.591. The number of hydrogen-bond donors (Lipinski definition) is 0. The van der Waals surface area contributed by atoms with Gasteiger partial charge in [0.05, 0.1) is 6.10 Å². The van der Waals surface area contributed by atoms with Crippen molar-refractivity contribution in [2.75, 3.05) is 50.8 Å². The number of benzene rings is 1. The van der Waals surface area contributed by atoms with Crippen LogP contribution in [0.4, 0.5) is 23.7 Å². The lowest BCUT2D eigenvalue weighted by molar-refractivity contribution is -0.200. The Kier molecular flexibility index (Phi) is 8.15. The first-order valence-corrected chi connectivity index (χ1v) is 10.9. The molecular weight excluding hydrogens is 447 g/mol. The van der Waals surface area contributed by atoms with Crippen molar-refractivity contribution in [1.29, 1.82) is 0 Å². The number of nitrogens with zero attached hydrogens (tertiary/aromatic N) is 3. The van der Waals surface area contributed by atoms with E-state index in [-0.39, 0.29) is 12.7 Å². The minimum absolute atomic E-state index is 0.0755. The molecule has 10 heteroatoms. The number of terminal acetylenes is 1. The Morgan fingerprint density at radius 2 is 2.00 bits per heavy atom. The van der Waals surface area contributed by atoms with Gasteiger partial charge in [-0.25, -0.2) is 4.79 Å². The third-order valence-electron chi connectivity index (χ3n) is 5.70. The van der Waals surface area contributed by atoms with Gasteiger partial charge < -0.3 is 19.3 Å². The number of rotatable bonds is 6. The van der Waals surface area contributed by atoms with E-state index in [4.69, 9.17) is 22.8 Å². The Labute approximate surface area is 191 Å². The van der Waals surface area contributed by atoms with Crippen LogP contribution in [0.3, 0.4) is 0 Å². The fourth-order valence-electron chi connectivity index (χ4n) is 3.84. The van der Waals surface area contributed by atoms with Crippen molar-refractivity contribution in [3.63, 3.8) is 0 Å². The van der Waals surface area contributed by atoms with Gasteiger partial charge in [-0.05, 0) is 31.0 Å². The van der Waals surface area contributed by atoms with Crippen LogP contribution in [-0.2, 0) is 16.0 Å². The quantitative estimate of drug-likeness (QED) is 0.588. The highest BCUT2D eigenvalue weighted by Gasteiger charge is 2.40. The predicted octanol–water partition coefficient (Wildman–Crippen LogP) is 3.77. The first-order chi connectivity index (χ1) is 15.2. The Morgan fingerprint density at radius 3 is 2.66 bits per heavy atom. The molecule has 2 aliphatic heterocycles. The molecular formula is C22H27ClF3N3O3. The Hall–Kier alpha value is -2.15. The van der Waals surface area contributed by atoms with Crippen molar-refractivity contribution < 1.29 is 27.4 Å². The molecule has 6 nitrogen and oxygen atoms in total. The molecule has 0 aromatic heterocycles. The van der Waals surface area contributed by atoms with Gasteiger partial charge in [0, 0.05) is 56.5 Å². The van der Waals surface area contributed by atoms with Crippen molar-refractivity contribution in [3.05, 3.63) is 28.8 Å². The van der Waals surface area contributed by atoms with Crippen LogP contribution in [0.1, 0.15) is 18.9 Å². The van der Waals surface area contributed by atoms with E-state index in [9.17, 15) is 18.0 Å². The van der Waals surface area contributed by atoms with E-state index in [2.05, 4.69) is 20.5 Å². The van der Waals surface area contributed by atoms with Crippen molar-refractivity contribution in [3.8, 4) is 12.3 Å². The standard InChI is InChI=1S/C22H27ClF3N3O3/c1-3-12-31-19-6-7-29(15-19)20-13-18(23)5-4-17(20)14-27-8-10-28(11-9-27)21(30)32-16(2)22(24,25)26/h1,4-5,13,16,19H,6-12,14-15H2,2H3/t16?,19-/m0/s1. The molecule has 2 aliphatic rings. The van der Waals surface area contributed by atoms with E-state index in [1.807, 2.05) is 18.2 Å². The fourth-order valence-corrected chi connectivity index (χ4v) is 4.00. The van der Waals surface area contributed by atoms with E-state index in [0.717, 1.165) is 37.7 Å². The number of anilines is 1. The number of amides is 1. The number of ether oxygens (including phenoxy) is 2. The van der Waals surface area contributed by atoms with Gasteiger partial charge in [0.2, 0.25) is 0 Å². The molecule has 2 saturated heterocycles. The molecule has 2 heterocycles. The molecule has 0 saturated carbocycles. The van der Waals surface area contributed by atoms with Crippen molar-refractivity contribution >= 4 is 23.4 Å². The lowest BCUT2D eigenvalue weighted by Gasteiger charge is -2.35. The topological polar surface area (TPSA) is 45.2 Å². The summed E-state index contributed by atoms with van der Waals surface area (Å²) in [5, 5.41) is 0.642. The van der Waals surface area contributed by atoms with Crippen molar-refractivity contribution in [2.24, 2.45) is 0 Å². The molecule has 0 bridgehead atoms. The van der Waals surface area contributed by atoms with Crippen LogP contribution >= 0.6 is 11.6 Å². The number of carbonyl (C=O) groups excluding carboxylic acids is 1. The lowest BCUT2D eigenvalue weighted by Crippen LogP contribution is -2.49. The predicted molar refractivity (Wildman–Crippen MR) is 116 cm³/mol. The maximum atomic E-state index is 12.6. The normalized spacial score (nSPS) is 20.8. The summed E-state index contributed by atoms with van der Waals surface area (Å²) in [5.74, 6) is 2.49. The van der Waals surface area contributed by atoms with E-state index in [1.54, 1.807) is 0 Å². The van der Waals surface area contributed by atoms with Crippen LogP contribution in [-0.4, -0.2) is 80.2 Å². The number of hydrogen-bond acceptors (Lipinski definition) is 5. The third kappa shape index (κ3) is 6.44. The SMILES string of the molecule is C#CCO[C@H]1CCN(c2cc(Cl)ccc2CN2CCN(C(=O)OC(C)C(F)(F)F)CC2)C1. The van der Waals surface area contributed by atoms with Gasteiger partial charge in [-0.1, -0.05) is 23.6 Å². The number of piperazine rings is 1. The summed E-state index contributed by atoms with van der Waals surface area (Å²) in [5.41, 5.74) is 2.12. The average Bonchev–Trinajstić information content (AvgIpc) is 3.22. The van der Waals surface area contributed by atoms with Gasteiger partial charge in [0.15, 0.2) is 6.10 Å². The van der Waals surface area contributed by atoms with E-state index in [0.29, 0.717) is 37.7 Å². The van der Waals surface area contributed by atoms with Crippen molar-refractivity contribution in [2.45, 2.75) is 38.3 Å². The Bertz CT molecular complexity index is 838. The molecule has 176 valence electrons. The van der Waals surface area contributed by atoms with Crippen LogP contribution < -0.4 is 4.90 Å². The second kappa shape index (κ2) is 10.6. The summed E-state index contributed by atoms with van der Waals surface area (Å²) in [6.07, 6.45) is -1.39. The summed E-state index contributed by atoms with van der Waals surface area (Å²) in [6, 6.07) is 5.76. The van der Waals surface area contributed by atoms with E-state index in [1.165, 1.54) is 4.90 Å². The largest absolute Gasteiger partial charge is 0.437 e. The molecule has 32 heavy (non-hydrogen) atoms. The van der Waals surface area contributed by atoms with Gasteiger partial charge in [0.1, 0.15) is 6.61 Å². The van der Waals surface area contributed by atoms with Crippen LogP contribution in [0.15, 0.2) is 18.2 Å². The maximum absolute atomic E-state index is 12.6. The summed E-state index contributed by atoms with van der Waals surface area (Å²) >= 11 is 6.25. The maximum Gasteiger partial charge on any atom is 0.425 e. The van der Waals surface area contributed by atoms with Gasteiger partial charge in [-0.15, -0.1) is 6.42 Å². The molecule has 0 N–H and O–H groups in total. The lowest BCUT2D eigenvalue weighted by atomic mass is 10.1. The molecule has 1 unspecified atom stereocenters. The molecule has 0 aliphatic carbocycles. The molecule has 2 atom stereocenters.